The van der Waals surface area contributed by atoms with Crippen LogP contribution in [0.3, 0.4) is 0 Å². The molecule has 0 aliphatic rings. The molecule has 2 heterocycles. The van der Waals surface area contributed by atoms with E-state index in [0.717, 1.165) is 5.56 Å². The number of carbonyl (C=O) groups excluding carboxylic acids is 3. The number of pyridine rings is 1. The summed E-state index contributed by atoms with van der Waals surface area (Å²) in [7, 11) is 0. The van der Waals surface area contributed by atoms with Gasteiger partial charge in [0.25, 0.3) is 5.91 Å². The van der Waals surface area contributed by atoms with Gasteiger partial charge in [0.2, 0.25) is 11.8 Å². The van der Waals surface area contributed by atoms with Crippen LogP contribution in [-0.4, -0.2) is 43.8 Å². The van der Waals surface area contributed by atoms with Gasteiger partial charge in [-0.3, -0.25) is 19.4 Å². The first-order valence-electron chi connectivity index (χ1n) is 11.3. The van der Waals surface area contributed by atoms with Crippen molar-refractivity contribution < 1.29 is 24.6 Å². The smallest absolute Gasteiger partial charge is 0.270 e. The lowest BCUT2D eigenvalue weighted by molar-refractivity contribution is -0.122. The highest BCUT2D eigenvalue weighted by Gasteiger charge is 2.31. The van der Waals surface area contributed by atoms with Gasteiger partial charge in [0.1, 0.15) is 5.69 Å². The highest BCUT2D eigenvalue weighted by atomic mass is 16.3. The van der Waals surface area contributed by atoms with Gasteiger partial charge in [-0.15, -0.1) is 0 Å². The number of aryl methyl sites for hydroxylation is 1. The van der Waals surface area contributed by atoms with Crippen molar-refractivity contribution >= 4 is 17.6 Å². The Morgan fingerprint density at radius 2 is 1.63 bits per heavy atom. The Bertz CT molecular complexity index is 1220. The molecule has 2 atom stereocenters. The monoisotopic (exact) mass is 478 g/mol. The second-order valence-corrected chi connectivity index (χ2v) is 8.78. The van der Waals surface area contributed by atoms with E-state index in [9.17, 15) is 24.6 Å². The first-order chi connectivity index (χ1) is 16.6. The van der Waals surface area contributed by atoms with Gasteiger partial charge >= 0.3 is 0 Å². The average Bonchev–Trinajstić information content (AvgIpc) is 3.07. The molecule has 0 aliphatic carbocycles. The van der Waals surface area contributed by atoms with E-state index in [1.807, 2.05) is 18.2 Å². The number of hydrogen-bond acceptors (Lipinski definition) is 6. The van der Waals surface area contributed by atoms with Crippen molar-refractivity contribution in [3.05, 3.63) is 76.6 Å². The van der Waals surface area contributed by atoms with E-state index < -0.39 is 35.6 Å². The number of aromatic nitrogens is 2. The molecule has 0 fully saturated rings. The molecule has 0 aliphatic heterocycles. The number of rotatable bonds is 9. The van der Waals surface area contributed by atoms with Crippen molar-refractivity contribution in [3.63, 3.8) is 0 Å². The molecular weight excluding hydrogens is 448 g/mol. The van der Waals surface area contributed by atoms with Crippen LogP contribution < -0.4 is 10.6 Å². The third-order valence-electron chi connectivity index (χ3n) is 5.73. The maximum Gasteiger partial charge on any atom is 0.270 e. The number of aromatic hydroxyl groups is 2. The molecule has 3 rings (SSSR count). The molecule has 3 aromatic rings. The molecule has 0 saturated carbocycles. The van der Waals surface area contributed by atoms with E-state index in [0.29, 0.717) is 5.69 Å². The van der Waals surface area contributed by atoms with Crippen molar-refractivity contribution in [2.75, 3.05) is 0 Å². The van der Waals surface area contributed by atoms with Gasteiger partial charge in [-0.25, -0.2) is 4.98 Å². The Hall–Kier alpha value is -4.14. The molecule has 0 unspecified atom stereocenters. The van der Waals surface area contributed by atoms with Crippen LogP contribution in [0.2, 0.25) is 0 Å². The fourth-order valence-corrected chi connectivity index (χ4v) is 3.81. The van der Waals surface area contributed by atoms with Crippen molar-refractivity contribution in [2.24, 2.45) is 5.92 Å². The van der Waals surface area contributed by atoms with E-state index in [-0.39, 0.29) is 35.0 Å². The summed E-state index contributed by atoms with van der Waals surface area (Å²) in [6, 6.07) is 12.5. The van der Waals surface area contributed by atoms with Crippen molar-refractivity contribution in [1.82, 2.24) is 20.6 Å². The van der Waals surface area contributed by atoms with Crippen LogP contribution in [0.4, 0.5) is 0 Å². The van der Waals surface area contributed by atoms with Crippen LogP contribution in [0.1, 0.15) is 64.0 Å². The number of aromatic amines is 1. The number of nitrogens with one attached hydrogen (secondary N) is 3. The Morgan fingerprint density at radius 3 is 2.20 bits per heavy atom. The minimum Gasteiger partial charge on any atom is -0.494 e. The first kappa shape index (κ1) is 25.5. The number of Topliss-reactive ketones (excluding diaryl/α,β-unsaturated/α-hetero) is 1. The quantitative estimate of drug-likeness (QED) is 0.298. The molecule has 5 N–H and O–H groups in total. The van der Waals surface area contributed by atoms with Crippen LogP contribution in [0.15, 0.2) is 48.5 Å². The lowest BCUT2D eigenvalue weighted by Crippen LogP contribution is -2.45. The van der Waals surface area contributed by atoms with Crippen molar-refractivity contribution in [3.8, 4) is 11.8 Å². The Morgan fingerprint density at radius 1 is 0.943 bits per heavy atom. The van der Waals surface area contributed by atoms with Gasteiger partial charge in [0.05, 0.1) is 24.1 Å². The molecule has 9 nitrogen and oxygen atoms in total. The molecule has 9 heteroatoms. The van der Waals surface area contributed by atoms with Crippen LogP contribution in [0.5, 0.6) is 11.8 Å². The molecule has 0 bridgehead atoms. The second kappa shape index (κ2) is 10.9. The summed E-state index contributed by atoms with van der Waals surface area (Å²) >= 11 is 0. The summed E-state index contributed by atoms with van der Waals surface area (Å²) in [6.45, 7) is 6.81. The summed E-state index contributed by atoms with van der Waals surface area (Å²) in [5, 5.41) is 25.5. The van der Waals surface area contributed by atoms with E-state index in [2.05, 4.69) is 20.6 Å². The number of carbonyl (C=O) groups is 3. The number of hydrogen-bond donors (Lipinski definition) is 5. The molecule has 1 aromatic carbocycles. The van der Waals surface area contributed by atoms with Crippen molar-refractivity contribution in [1.29, 1.82) is 0 Å². The number of benzene rings is 1. The predicted octanol–water partition coefficient (Wildman–Crippen LogP) is 3.32. The Kier molecular flexibility index (Phi) is 7.91. The average molecular weight is 479 g/mol. The van der Waals surface area contributed by atoms with Gasteiger partial charge in [-0.1, -0.05) is 50.2 Å². The zero-order valence-electron chi connectivity index (χ0n) is 20.1. The first-order valence-corrected chi connectivity index (χ1v) is 11.3. The van der Waals surface area contributed by atoms with Gasteiger partial charge in [-0.2, -0.15) is 0 Å². The zero-order chi connectivity index (χ0) is 25.7. The van der Waals surface area contributed by atoms with Gasteiger partial charge < -0.3 is 20.8 Å². The Balaban J connectivity index is 1.80. The van der Waals surface area contributed by atoms with Crippen LogP contribution in [0.25, 0.3) is 0 Å². The minimum atomic E-state index is -0.951. The fraction of sp³-hybridized carbons (Fsp3) is 0.308. The van der Waals surface area contributed by atoms with E-state index in [1.54, 1.807) is 51.1 Å². The van der Waals surface area contributed by atoms with E-state index in [1.165, 1.54) is 6.92 Å². The summed E-state index contributed by atoms with van der Waals surface area (Å²) < 4.78 is 0. The number of H-pyrrole nitrogens is 1. The summed E-state index contributed by atoms with van der Waals surface area (Å²) in [4.78, 5) is 45.6. The second-order valence-electron chi connectivity index (χ2n) is 8.78. The molecule has 2 amide bonds. The third kappa shape index (κ3) is 6.06. The lowest BCUT2D eigenvalue weighted by atomic mass is 9.93. The largest absolute Gasteiger partial charge is 0.494 e. The maximum absolute atomic E-state index is 13.1. The van der Waals surface area contributed by atoms with Gasteiger partial charge in [0.15, 0.2) is 11.7 Å². The molecule has 184 valence electrons. The lowest BCUT2D eigenvalue weighted by Gasteiger charge is -2.24. The van der Waals surface area contributed by atoms with Crippen molar-refractivity contribution in [2.45, 2.75) is 46.2 Å². The van der Waals surface area contributed by atoms with E-state index in [4.69, 9.17) is 0 Å². The topological polar surface area (TPSA) is 144 Å². The summed E-state index contributed by atoms with van der Waals surface area (Å²) in [5.41, 5.74) is 1.78. The SMILES string of the molecule is Cc1cccc(C(=O)N[C@@H](CC(=O)N[C@@H](C(=O)c2c(O)[nH]c(O)c2C)C(C)C)c2ccccc2)n1. The van der Waals surface area contributed by atoms with E-state index >= 15 is 0 Å². The number of nitrogens with zero attached hydrogens (tertiary/aromatic N) is 1. The van der Waals surface area contributed by atoms with Gasteiger partial charge in [-0.05, 0) is 37.5 Å². The predicted molar refractivity (Wildman–Crippen MR) is 130 cm³/mol. The minimum absolute atomic E-state index is 0.0695. The Labute approximate surface area is 203 Å². The highest BCUT2D eigenvalue weighted by molar-refractivity contribution is 6.05. The van der Waals surface area contributed by atoms with Gasteiger partial charge in [0, 0.05) is 11.3 Å². The van der Waals surface area contributed by atoms with Crippen LogP contribution in [-0.2, 0) is 4.79 Å². The highest BCUT2D eigenvalue weighted by Crippen LogP contribution is 2.30. The number of amides is 2. The standard InChI is InChI=1S/C26H30N4O5/c1-14(2)22(23(32)21-16(4)24(33)30-26(21)35)29-20(31)13-19(17-10-6-5-7-11-17)28-25(34)18-12-8-9-15(3)27-18/h5-12,14,19,22,30,33,35H,13H2,1-4H3,(H,28,34)(H,29,31)/t19-,22+/m0/s1. The summed E-state index contributed by atoms with van der Waals surface area (Å²) in [6.07, 6.45) is -0.124. The fourth-order valence-electron chi connectivity index (χ4n) is 3.81. The molecule has 2 aromatic heterocycles. The summed E-state index contributed by atoms with van der Waals surface area (Å²) in [5.74, 6) is -2.47. The molecular formula is C26H30N4O5. The maximum atomic E-state index is 13.1. The van der Waals surface area contributed by atoms with Crippen LogP contribution in [0, 0.1) is 19.8 Å². The van der Waals surface area contributed by atoms with Crippen LogP contribution >= 0.6 is 0 Å². The normalized spacial score (nSPS) is 12.7. The zero-order valence-corrected chi connectivity index (χ0v) is 20.1. The molecule has 0 radical (unpaired) electrons. The number of ketones is 1. The third-order valence-corrected chi connectivity index (χ3v) is 5.73. The molecule has 0 spiro atoms. The molecule has 0 saturated heterocycles. The molecule has 35 heavy (non-hydrogen) atoms.